The Bertz CT molecular complexity index is 1270. The molecule has 0 unspecified atom stereocenters. The molecule has 0 spiro atoms. The van der Waals surface area contributed by atoms with Gasteiger partial charge in [0.05, 0.1) is 23.2 Å². The molecule has 7 atom stereocenters. The first-order chi connectivity index (χ1) is 24.4. The molecule has 51 heavy (non-hydrogen) atoms. The minimum atomic E-state index is -1.58. The topological polar surface area (TPSA) is 258 Å². The number of aliphatic hydroxyl groups excluding tert-OH is 5. The van der Waals surface area contributed by atoms with Crippen molar-refractivity contribution >= 4 is 12.0 Å². The zero-order chi connectivity index (χ0) is 37.6. The molecule has 0 bridgehead atoms. The number of nitrogens with one attached hydrogen (secondary N) is 2. The third-order valence-electron chi connectivity index (χ3n) is 9.06. The van der Waals surface area contributed by atoms with Gasteiger partial charge in [-0.2, -0.15) is 0 Å². The van der Waals surface area contributed by atoms with Gasteiger partial charge < -0.3 is 47.4 Å². The number of hydrogen-bond donors (Lipinski definition) is 10. The number of benzene rings is 2. The zero-order valence-electron chi connectivity index (χ0n) is 29.4. The van der Waals surface area contributed by atoms with Crippen molar-refractivity contribution in [2.24, 2.45) is 29.2 Å². The van der Waals surface area contributed by atoms with E-state index in [1.165, 1.54) is 6.08 Å². The van der Waals surface area contributed by atoms with Crippen molar-refractivity contribution in [1.29, 1.82) is 0 Å². The summed E-state index contributed by atoms with van der Waals surface area (Å²) in [6.07, 6.45) is 1.07. The average molecular weight is 718 g/mol. The third-order valence-corrected chi connectivity index (χ3v) is 9.06. The van der Waals surface area contributed by atoms with E-state index >= 15 is 0 Å². The van der Waals surface area contributed by atoms with Crippen molar-refractivity contribution in [2.45, 2.75) is 95.0 Å². The largest absolute Gasteiger partial charge is 0.392 e. The van der Waals surface area contributed by atoms with E-state index in [0.29, 0.717) is 62.7 Å². The van der Waals surface area contributed by atoms with Gasteiger partial charge in [-0.3, -0.25) is 20.2 Å². The lowest BCUT2D eigenvalue weighted by atomic mass is 9.90. The lowest BCUT2D eigenvalue weighted by Gasteiger charge is -2.28. The summed E-state index contributed by atoms with van der Waals surface area (Å²) < 4.78 is 0. The molecule has 0 saturated heterocycles. The van der Waals surface area contributed by atoms with Gasteiger partial charge in [0.1, 0.15) is 6.23 Å². The fourth-order valence-electron chi connectivity index (χ4n) is 6.10. The summed E-state index contributed by atoms with van der Waals surface area (Å²) in [6, 6.07) is 16.1. The Morgan fingerprint density at radius 2 is 1.39 bits per heavy atom. The van der Waals surface area contributed by atoms with Gasteiger partial charge >= 0.3 is 0 Å². The molecule has 0 aromatic heterocycles. The standard InChI is InChI=1S/C37H59N5O9/c38-17-6-4-10-29(23-34(45)28-14-12-26(13-15-28)16-19-42(50)51)35(46)40-25-33(44)22-31(20-27-8-2-1-3-9-27)36(47)41-24-32(43)21-30(37(48)49)11-5-7-18-39/h1-3,8-9,12-16,19,29-34,36-37,41,43-45,47-49H,4-7,10-11,17-18,20-25,38-39H2,(H,40,46)/b19-16+/t29-,30-,31-,32-,33-,34-,36-/m1/s1. The highest BCUT2D eigenvalue weighted by Gasteiger charge is 2.27. The number of unbranched alkanes of at least 4 members (excludes halogenated alkanes) is 2. The van der Waals surface area contributed by atoms with E-state index in [1.54, 1.807) is 24.3 Å². The second-order valence-electron chi connectivity index (χ2n) is 13.3. The highest BCUT2D eigenvalue weighted by Crippen LogP contribution is 2.26. The van der Waals surface area contributed by atoms with Gasteiger partial charge in [-0.05, 0) is 81.1 Å². The van der Waals surface area contributed by atoms with Gasteiger partial charge in [0.25, 0.3) is 0 Å². The molecule has 2 rings (SSSR count). The number of carbonyl (C=O) groups is 1. The number of carbonyl (C=O) groups excluding carboxylic acids is 1. The van der Waals surface area contributed by atoms with Crippen molar-refractivity contribution in [3.05, 3.63) is 87.6 Å². The van der Waals surface area contributed by atoms with Crippen LogP contribution < -0.4 is 22.1 Å². The Labute approximate surface area is 300 Å². The van der Waals surface area contributed by atoms with Gasteiger partial charge in [-0.25, -0.2) is 0 Å². The van der Waals surface area contributed by atoms with Crippen LogP contribution in [0, 0.1) is 27.9 Å². The fraction of sp³-hybridized carbons (Fsp3) is 0.595. The highest BCUT2D eigenvalue weighted by molar-refractivity contribution is 5.78. The average Bonchev–Trinajstić information content (AvgIpc) is 3.11. The Kier molecular flexibility index (Phi) is 21.3. The van der Waals surface area contributed by atoms with Gasteiger partial charge in [0, 0.05) is 36.9 Å². The molecule has 0 heterocycles. The molecule has 286 valence electrons. The van der Waals surface area contributed by atoms with Crippen LogP contribution in [0.5, 0.6) is 0 Å². The second-order valence-corrected chi connectivity index (χ2v) is 13.3. The summed E-state index contributed by atoms with van der Waals surface area (Å²) in [5.74, 6) is -1.94. The van der Waals surface area contributed by atoms with E-state index in [2.05, 4.69) is 10.6 Å². The quantitative estimate of drug-likeness (QED) is 0.0273. The Hall–Kier alpha value is -3.31. The summed E-state index contributed by atoms with van der Waals surface area (Å²) in [5.41, 5.74) is 13.3. The Balaban J connectivity index is 2.02. The first-order valence-electron chi connectivity index (χ1n) is 17.9. The van der Waals surface area contributed by atoms with E-state index in [9.17, 15) is 45.5 Å². The monoisotopic (exact) mass is 717 g/mol. The maximum atomic E-state index is 13.3. The van der Waals surface area contributed by atoms with E-state index in [-0.39, 0.29) is 38.3 Å². The number of aliphatic hydroxyl groups is 6. The maximum Gasteiger partial charge on any atom is 0.235 e. The van der Waals surface area contributed by atoms with Gasteiger partial charge in [-0.15, -0.1) is 0 Å². The number of hydrogen-bond acceptors (Lipinski definition) is 12. The van der Waals surface area contributed by atoms with Crippen LogP contribution in [0.4, 0.5) is 0 Å². The fourth-order valence-corrected chi connectivity index (χ4v) is 6.10. The smallest absolute Gasteiger partial charge is 0.235 e. The number of rotatable bonds is 27. The molecule has 14 nitrogen and oxygen atoms in total. The van der Waals surface area contributed by atoms with Crippen LogP contribution in [0.25, 0.3) is 6.08 Å². The van der Waals surface area contributed by atoms with Crippen LogP contribution >= 0.6 is 0 Å². The molecule has 0 aliphatic rings. The Morgan fingerprint density at radius 1 is 0.784 bits per heavy atom. The molecule has 12 N–H and O–H groups in total. The van der Waals surface area contributed by atoms with Crippen LogP contribution in [0.3, 0.4) is 0 Å². The van der Waals surface area contributed by atoms with Gasteiger partial charge in [0.15, 0.2) is 6.29 Å². The SMILES string of the molecule is NCCCC[C@H](C[C@@H](O)c1ccc(/C=C/[N+](=O)[O-])cc1)C(=O)NC[C@H](O)C[C@@H](Cc1ccccc1)[C@@H](O)NC[C@H](O)C[C@@H](CCCCN)C(O)O. The van der Waals surface area contributed by atoms with Crippen molar-refractivity contribution in [2.75, 3.05) is 26.2 Å². The lowest BCUT2D eigenvalue weighted by Crippen LogP contribution is -2.44. The van der Waals surface area contributed by atoms with Gasteiger partial charge in [-0.1, -0.05) is 67.4 Å². The first kappa shape index (κ1) is 43.9. The van der Waals surface area contributed by atoms with Crippen LogP contribution in [-0.4, -0.2) is 92.4 Å². The van der Waals surface area contributed by atoms with Crippen molar-refractivity contribution in [3.63, 3.8) is 0 Å². The number of nitrogens with zero attached hydrogens (tertiary/aromatic N) is 1. The third kappa shape index (κ3) is 18.1. The lowest BCUT2D eigenvalue weighted by molar-refractivity contribution is -0.400. The molecule has 0 aliphatic carbocycles. The Morgan fingerprint density at radius 3 is 2.00 bits per heavy atom. The minimum absolute atomic E-state index is 0.00941. The molecule has 0 radical (unpaired) electrons. The van der Waals surface area contributed by atoms with Crippen molar-refractivity contribution in [1.82, 2.24) is 10.6 Å². The summed E-state index contributed by atoms with van der Waals surface area (Å²) in [4.78, 5) is 23.4. The number of nitrogens with two attached hydrogens (primary N) is 2. The number of amides is 1. The van der Waals surface area contributed by atoms with E-state index in [1.807, 2.05) is 30.3 Å². The normalized spacial score (nSPS) is 16.0. The highest BCUT2D eigenvalue weighted by atomic mass is 16.6. The van der Waals surface area contributed by atoms with E-state index < -0.39 is 53.5 Å². The predicted octanol–water partition coefficient (Wildman–Crippen LogP) is 1.54. The molecule has 14 heteroatoms. The summed E-state index contributed by atoms with van der Waals surface area (Å²) in [7, 11) is 0. The minimum Gasteiger partial charge on any atom is -0.392 e. The molecule has 0 aliphatic heterocycles. The van der Waals surface area contributed by atoms with E-state index in [0.717, 1.165) is 18.2 Å². The zero-order valence-corrected chi connectivity index (χ0v) is 29.4. The maximum absolute atomic E-state index is 13.3. The number of nitro groups is 1. The van der Waals surface area contributed by atoms with Crippen LogP contribution in [0.15, 0.2) is 60.8 Å². The summed E-state index contributed by atoms with van der Waals surface area (Å²) >= 11 is 0. The molecule has 0 saturated carbocycles. The molecule has 1 amide bonds. The van der Waals surface area contributed by atoms with Crippen LogP contribution in [0.1, 0.15) is 80.6 Å². The first-order valence-corrected chi connectivity index (χ1v) is 17.9. The molecule has 2 aromatic carbocycles. The van der Waals surface area contributed by atoms with E-state index in [4.69, 9.17) is 11.5 Å². The molecular formula is C37H59N5O9. The van der Waals surface area contributed by atoms with Crippen molar-refractivity contribution < 1.29 is 40.4 Å². The van der Waals surface area contributed by atoms with Crippen molar-refractivity contribution in [3.8, 4) is 0 Å². The molecule has 2 aromatic rings. The summed E-state index contributed by atoms with van der Waals surface area (Å²) in [6.45, 7) is 0.861. The molecule has 0 fully saturated rings. The van der Waals surface area contributed by atoms with Gasteiger partial charge in [0.2, 0.25) is 12.1 Å². The van der Waals surface area contributed by atoms with Crippen LogP contribution in [0.2, 0.25) is 0 Å². The van der Waals surface area contributed by atoms with Crippen LogP contribution in [-0.2, 0) is 11.2 Å². The molecular weight excluding hydrogens is 658 g/mol. The summed E-state index contributed by atoms with van der Waals surface area (Å²) in [5, 5.41) is 79.6. The second kappa shape index (κ2) is 24.8. The predicted molar refractivity (Wildman–Crippen MR) is 195 cm³/mol.